The smallest absolute Gasteiger partial charge is 0.339 e. The minimum absolute atomic E-state index is 0.167. The van der Waals surface area contributed by atoms with Gasteiger partial charge in [-0.2, -0.15) is 0 Å². The molecule has 0 saturated heterocycles. The van der Waals surface area contributed by atoms with Gasteiger partial charge >= 0.3 is 5.63 Å². The van der Waals surface area contributed by atoms with Gasteiger partial charge in [0.1, 0.15) is 18.1 Å². The van der Waals surface area contributed by atoms with Crippen LogP contribution >= 0.6 is 0 Å². The Balaban J connectivity index is 1.94. The number of hydrogen-bond donors (Lipinski definition) is 0. The molecular formula is C19H21NO3. The predicted molar refractivity (Wildman–Crippen MR) is 90.0 cm³/mol. The van der Waals surface area contributed by atoms with Crippen molar-refractivity contribution in [1.29, 1.82) is 0 Å². The molecule has 0 atom stereocenters. The minimum Gasteiger partial charge on any atom is -0.477 e. The third kappa shape index (κ3) is 2.29. The summed E-state index contributed by atoms with van der Waals surface area (Å²) in [5.74, 6) is 0.872. The highest BCUT2D eigenvalue weighted by molar-refractivity contribution is 5.87. The Morgan fingerprint density at radius 2 is 2.09 bits per heavy atom. The molecule has 1 aromatic heterocycles. The Morgan fingerprint density at radius 1 is 1.30 bits per heavy atom. The molecule has 1 aliphatic carbocycles. The largest absolute Gasteiger partial charge is 0.477 e. The summed E-state index contributed by atoms with van der Waals surface area (Å²) in [6, 6.07) is 2.17. The molecule has 4 nitrogen and oxygen atoms in total. The number of benzene rings is 1. The monoisotopic (exact) mass is 311 g/mol. The first-order valence-corrected chi connectivity index (χ1v) is 8.26. The Hall–Kier alpha value is -2.07. The maximum absolute atomic E-state index is 12.3. The fourth-order valence-corrected chi connectivity index (χ4v) is 3.85. The summed E-state index contributed by atoms with van der Waals surface area (Å²) in [6.07, 6.45) is 5.91. The van der Waals surface area contributed by atoms with Crippen LogP contribution < -0.4 is 10.4 Å². The second-order valence-corrected chi connectivity index (χ2v) is 6.49. The number of hydrogen-bond acceptors (Lipinski definition) is 4. The fraction of sp³-hybridized carbons (Fsp3) is 0.421. The number of rotatable bonds is 2. The van der Waals surface area contributed by atoms with Crippen LogP contribution in [0, 0.1) is 6.92 Å². The molecule has 4 rings (SSSR count). The molecule has 0 N–H and O–H groups in total. The van der Waals surface area contributed by atoms with Crippen molar-refractivity contribution in [3.63, 3.8) is 0 Å². The first-order valence-electron chi connectivity index (χ1n) is 8.26. The van der Waals surface area contributed by atoms with Crippen LogP contribution in [0.4, 0.5) is 0 Å². The summed E-state index contributed by atoms with van der Waals surface area (Å²) in [6.45, 7) is 7.97. The molecule has 0 bridgehead atoms. The molecule has 1 aromatic carbocycles. The van der Waals surface area contributed by atoms with E-state index in [0.717, 1.165) is 61.0 Å². The highest BCUT2D eigenvalue weighted by atomic mass is 16.5. The average Bonchev–Trinajstić information content (AvgIpc) is 2.57. The number of nitrogens with zero attached hydrogens (tertiary/aromatic N) is 1. The van der Waals surface area contributed by atoms with E-state index < -0.39 is 0 Å². The molecule has 2 aromatic rings. The Morgan fingerprint density at radius 3 is 2.87 bits per heavy atom. The minimum atomic E-state index is -0.167. The lowest BCUT2D eigenvalue weighted by Gasteiger charge is -2.30. The van der Waals surface area contributed by atoms with Crippen molar-refractivity contribution in [1.82, 2.24) is 4.90 Å². The van der Waals surface area contributed by atoms with Crippen LogP contribution in [0.15, 0.2) is 27.9 Å². The predicted octanol–water partition coefficient (Wildman–Crippen LogP) is 3.32. The lowest BCUT2D eigenvalue weighted by atomic mass is 9.89. The van der Waals surface area contributed by atoms with Gasteiger partial charge in [0.2, 0.25) is 0 Å². The standard InChI is InChI=1S/C19H21NO3/c1-3-8-20-10-13-9-16-14-6-4-5-7-15(14)19(21)23-18(16)12(2)17(13)22-11-20/h3,9H,1,4-8,10-11H2,2H3. The zero-order valence-corrected chi connectivity index (χ0v) is 13.5. The van der Waals surface area contributed by atoms with Gasteiger partial charge in [0.05, 0.1) is 0 Å². The van der Waals surface area contributed by atoms with Crippen LogP contribution in [0.2, 0.25) is 0 Å². The molecule has 1 aliphatic heterocycles. The summed E-state index contributed by atoms with van der Waals surface area (Å²) < 4.78 is 11.6. The Kier molecular flexibility index (Phi) is 3.49. The van der Waals surface area contributed by atoms with Gasteiger partial charge in [-0.15, -0.1) is 6.58 Å². The summed E-state index contributed by atoms with van der Waals surface area (Å²) in [4.78, 5) is 14.5. The van der Waals surface area contributed by atoms with Gasteiger partial charge < -0.3 is 9.15 Å². The molecule has 4 heteroatoms. The van der Waals surface area contributed by atoms with Crippen molar-refractivity contribution in [2.45, 2.75) is 39.2 Å². The molecule has 0 radical (unpaired) electrons. The number of fused-ring (bicyclic) bond motifs is 4. The van der Waals surface area contributed by atoms with Crippen molar-refractivity contribution in [3.8, 4) is 5.75 Å². The molecule has 2 heterocycles. The fourth-order valence-electron chi connectivity index (χ4n) is 3.85. The first kappa shape index (κ1) is 14.5. The first-order chi connectivity index (χ1) is 11.2. The number of aryl methyl sites for hydroxylation is 2. The topological polar surface area (TPSA) is 42.7 Å². The zero-order chi connectivity index (χ0) is 16.0. The van der Waals surface area contributed by atoms with E-state index in [1.165, 1.54) is 11.1 Å². The maximum Gasteiger partial charge on any atom is 0.339 e. The van der Waals surface area contributed by atoms with E-state index in [-0.39, 0.29) is 5.63 Å². The van der Waals surface area contributed by atoms with Crippen molar-refractivity contribution >= 4 is 11.0 Å². The van der Waals surface area contributed by atoms with E-state index in [9.17, 15) is 4.79 Å². The van der Waals surface area contributed by atoms with Crippen LogP contribution in [0.25, 0.3) is 11.0 Å². The molecule has 0 fully saturated rings. The van der Waals surface area contributed by atoms with E-state index in [2.05, 4.69) is 17.5 Å². The van der Waals surface area contributed by atoms with Crippen LogP contribution in [-0.4, -0.2) is 18.2 Å². The highest BCUT2D eigenvalue weighted by Gasteiger charge is 2.25. The highest BCUT2D eigenvalue weighted by Crippen LogP contribution is 2.37. The van der Waals surface area contributed by atoms with Gasteiger partial charge in [0.15, 0.2) is 0 Å². The lowest BCUT2D eigenvalue weighted by molar-refractivity contribution is 0.106. The van der Waals surface area contributed by atoms with Gasteiger partial charge in [-0.3, -0.25) is 4.90 Å². The summed E-state index contributed by atoms with van der Waals surface area (Å²) in [5, 5.41) is 1.10. The van der Waals surface area contributed by atoms with Crippen molar-refractivity contribution in [2.75, 3.05) is 13.3 Å². The average molecular weight is 311 g/mol. The third-order valence-electron chi connectivity index (χ3n) is 4.94. The third-order valence-corrected chi connectivity index (χ3v) is 4.94. The zero-order valence-electron chi connectivity index (χ0n) is 13.5. The van der Waals surface area contributed by atoms with Crippen LogP contribution in [0.3, 0.4) is 0 Å². The molecule has 2 aliphatic rings. The van der Waals surface area contributed by atoms with Crippen molar-refractivity contribution < 1.29 is 9.15 Å². The second kappa shape index (κ2) is 5.53. The van der Waals surface area contributed by atoms with Gasteiger partial charge in [0, 0.05) is 35.2 Å². The summed E-state index contributed by atoms with van der Waals surface area (Å²) in [5.41, 5.74) is 4.72. The molecule has 120 valence electrons. The van der Waals surface area contributed by atoms with Gasteiger partial charge in [-0.1, -0.05) is 6.08 Å². The van der Waals surface area contributed by atoms with E-state index in [1.54, 1.807) is 0 Å². The summed E-state index contributed by atoms with van der Waals surface area (Å²) in [7, 11) is 0. The normalized spacial score (nSPS) is 17.4. The van der Waals surface area contributed by atoms with Crippen molar-refractivity contribution in [3.05, 3.63) is 51.4 Å². The second-order valence-electron chi connectivity index (χ2n) is 6.49. The SMILES string of the molecule is C=CCN1COc2c(cc3c4c(c(=O)oc3c2C)CCCC4)C1. The van der Waals surface area contributed by atoms with Crippen LogP contribution in [-0.2, 0) is 19.4 Å². The van der Waals surface area contributed by atoms with Gasteiger partial charge in [0.25, 0.3) is 0 Å². The molecule has 0 saturated carbocycles. The van der Waals surface area contributed by atoms with E-state index in [1.807, 2.05) is 13.0 Å². The molecule has 23 heavy (non-hydrogen) atoms. The Labute approximate surface area is 135 Å². The maximum atomic E-state index is 12.3. The van der Waals surface area contributed by atoms with Crippen LogP contribution in [0.1, 0.15) is 35.1 Å². The van der Waals surface area contributed by atoms with E-state index in [0.29, 0.717) is 12.3 Å². The number of ether oxygens (including phenoxy) is 1. The van der Waals surface area contributed by atoms with Gasteiger partial charge in [-0.05, 0) is 44.2 Å². The van der Waals surface area contributed by atoms with Crippen molar-refractivity contribution in [2.24, 2.45) is 0 Å². The molecule has 0 unspecified atom stereocenters. The Bertz CT molecular complexity index is 850. The van der Waals surface area contributed by atoms with E-state index >= 15 is 0 Å². The molecular weight excluding hydrogens is 290 g/mol. The molecule has 0 spiro atoms. The van der Waals surface area contributed by atoms with E-state index in [4.69, 9.17) is 9.15 Å². The quantitative estimate of drug-likeness (QED) is 0.630. The van der Waals surface area contributed by atoms with Crippen LogP contribution in [0.5, 0.6) is 5.75 Å². The lowest BCUT2D eigenvalue weighted by Crippen LogP contribution is -2.32. The molecule has 0 amide bonds. The summed E-state index contributed by atoms with van der Waals surface area (Å²) >= 11 is 0. The van der Waals surface area contributed by atoms with Gasteiger partial charge in [-0.25, -0.2) is 4.79 Å².